The summed E-state index contributed by atoms with van der Waals surface area (Å²) in [4.78, 5) is 2.32. The Morgan fingerprint density at radius 3 is 3.14 bits per heavy atom. The van der Waals surface area contributed by atoms with Crippen LogP contribution in [-0.2, 0) is 7.05 Å². The lowest BCUT2D eigenvalue weighted by atomic mass is 9.98. The first-order valence-corrected chi connectivity index (χ1v) is 5.11. The summed E-state index contributed by atoms with van der Waals surface area (Å²) < 4.78 is 1.82. The summed E-state index contributed by atoms with van der Waals surface area (Å²) in [5.74, 6) is 1.72. The fraction of sp³-hybridized carbons (Fsp3) is 0.778. The van der Waals surface area contributed by atoms with E-state index in [9.17, 15) is 0 Å². The van der Waals surface area contributed by atoms with E-state index < -0.39 is 0 Å². The average molecular weight is 195 g/mol. The molecule has 0 bridgehead atoms. The Hall–Kier alpha value is -1.10. The van der Waals surface area contributed by atoms with Gasteiger partial charge in [-0.15, -0.1) is 5.10 Å². The van der Waals surface area contributed by atoms with Crippen LogP contribution in [0.3, 0.4) is 0 Å². The molecule has 1 aliphatic heterocycles. The number of aromatic nitrogens is 3. The van der Waals surface area contributed by atoms with Crippen LogP contribution in [0.4, 0.5) is 5.82 Å². The molecule has 2 heterocycles. The summed E-state index contributed by atoms with van der Waals surface area (Å²) in [6.07, 6.45) is 4.28. The molecule has 1 fully saturated rings. The van der Waals surface area contributed by atoms with Gasteiger partial charge in [0.05, 0.1) is 6.20 Å². The Labute approximate surface area is 83.9 Å². The number of piperidine rings is 1. The van der Waals surface area contributed by atoms with Crippen LogP contribution in [0.25, 0.3) is 0 Å². The van der Waals surface area contributed by atoms with E-state index in [4.69, 9.17) is 5.73 Å². The quantitative estimate of drug-likeness (QED) is 0.721. The minimum atomic E-state index is 0.624. The largest absolute Gasteiger partial charge is 0.355 e. The van der Waals surface area contributed by atoms with Gasteiger partial charge < -0.3 is 10.6 Å². The van der Waals surface area contributed by atoms with E-state index in [1.165, 1.54) is 12.8 Å². The van der Waals surface area contributed by atoms with Crippen LogP contribution < -0.4 is 10.6 Å². The van der Waals surface area contributed by atoms with Crippen molar-refractivity contribution < 1.29 is 0 Å². The van der Waals surface area contributed by atoms with Gasteiger partial charge in [0.15, 0.2) is 0 Å². The molecule has 1 aromatic heterocycles. The number of aryl methyl sites for hydroxylation is 1. The van der Waals surface area contributed by atoms with E-state index in [0.717, 1.165) is 25.5 Å². The Bertz CT molecular complexity index is 295. The summed E-state index contributed by atoms with van der Waals surface area (Å²) >= 11 is 0. The van der Waals surface area contributed by atoms with E-state index in [1.807, 2.05) is 17.9 Å². The Morgan fingerprint density at radius 2 is 2.50 bits per heavy atom. The topological polar surface area (TPSA) is 60.0 Å². The third-order valence-corrected chi connectivity index (χ3v) is 2.87. The molecule has 5 nitrogen and oxygen atoms in total. The van der Waals surface area contributed by atoms with Crippen LogP contribution in [0.2, 0.25) is 0 Å². The molecule has 1 atom stereocenters. The van der Waals surface area contributed by atoms with E-state index in [1.54, 1.807) is 0 Å². The van der Waals surface area contributed by atoms with Crippen molar-refractivity contribution >= 4 is 5.82 Å². The van der Waals surface area contributed by atoms with E-state index in [0.29, 0.717) is 5.92 Å². The number of hydrogen-bond donors (Lipinski definition) is 1. The zero-order chi connectivity index (χ0) is 9.97. The fourth-order valence-corrected chi connectivity index (χ4v) is 2.04. The van der Waals surface area contributed by atoms with Gasteiger partial charge in [-0.3, -0.25) is 0 Å². The lowest BCUT2D eigenvalue weighted by Gasteiger charge is -2.32. The van der Waals surface area contributed by atoms with E-state index >= 15 is 0 Å². The van der Waals surface area contributed by atoms with Crippen LogP contribution >= 0.6 is 0 Å². The van der Waals surface area contributed by atoms with Crippen molar-refractivity contribution in [3.63, 3.8) is 0 Å². The number of nitrogens with two attached hydrogens (primary N) is 1. The molecule has 5 heteroatoms. The van der Waals surface area contributed by atoms with Crippen molar-refractivity contribution in [2.24, 2.45) is 18.7 Å². The van der Waals surface area contributed by atoms with Gasteiger partial charge in [0, 0.05) is 20.1 Å². The van der Waals surface area contributed by atoms with Crippen LogP contribution in [0.1, 0.15) is 12.8 Å². The fourth-order valence-electron chi connectivity index (χ4n) is 2.04. The van der Waals surface area contributed by atoms with Gasteiger partial charge in [-0.2, -0.15) is 0 Å². The van der Waals surface area contributed by atoms with Crippen LogP contribution in [0, 0.1) is 5.92 Å². The molecular weight excluding hydrogens is 178 g/mol. The number of rotatable bonds is 2. The van der Waals surface area contributed by atoms with Crippen LogP contribution in [0.15, 0.2) is 6.20 Å². The van der Waals surface area contributed by atoms with Gasteiger partial charge in [0.1, 0.15) is 5.82 Å². The van der Waals surface area contributed by atoms with Gasteiger partial charge in [0.25, 0.3) is 0 Å². The van der Waals surface area contributed by atoms with Gasteiger partial charge in [0.2, 0.25) is 0 Å². The molecule has 1 saturated heterocycles. The molecule has 14 heavy (non-hydrogen) atoms. The van der Waals surface area contributed by atoms with Crippen LogP contribution in [-0.4, -0.2) is 34.6 Å². The minimum absolute atomic E-state index is 0.624. The third-order valence-electron chi connectivity index (χ3n) is 2.87. The third kappa shape index (κ3) is 1.72. The lowest BCUT2D eigenvalue weighted by Crippen LogP contribution is -2.39. The van der Waals surface area contributed by atoms with Crippen molar-refractivity contribution in [3.05, 3.63) is 6.20 Å². The number of nitrogens with zero attached hydrogens (tertiary/aromatic N) is 4. The van der Waals surface area contributed by atoms with Gasteiger partial charge in [-0.1, -0.05) is 5.21 Å². The van der Waals surface area contributed by atoms with Crippen molar-refractivity contribution in [1.82, 2.24) is 15.0 Å². The molecular formula is C9H17N5. The molecule has 0 spiro atoms. The standard InChI is InChI=1S/C9H17N5/c1-13-9(6-11-12-13)14-4-2-3-8(5-10)7-14/h6,8H,2-5,7,10H2,1H3. The van der Waals surface area contributed by atoms with E-state index in [2.05, 4.69) is 15.2 Å². The summed E-state index contributed by atoms with van der Waals surface area (Å²) in [6, 6.07) is 0. The van der Waals surface area contributed by atoms with Gasteiger partial charge in [-0.25, -0.2) is 4.68 Å². The zero-order valence-corrected chi connectivity index (χ0v) is 8.56. The highest BCUT2D eigenvalue weighted by Gasteiger charge is 2.20. The van der Waals surface area contributed by atoms with Crippen LogP contribution in [0.5, 0.6) is 0 Å². The lowest BCUT2D eigenvalue weighted by molar-refractivity contribution is 0.418. The van der Waals surface area contributed by atoms with E-state index in [-0.39, 0.29) is 0 Å². The van der Waals surface area contributed by atoms with Crippen molar-refractivity contribution in [2.45, 2.75) is 12.8 Å². The monoisotopic (exact) mass is 195 g/mol. The molecule has 78 valence electrons. The highest BCUT2D eigenvalue weighted by Crippen LogP contribution is 2.20. The number of anilines is 1. The van der Waals surface area contributed by atoms with Crippen molar-refractivity contribution in [1.29, 1.82) is 0 Å². The predicted molar refractivity (Wildman–Crippen MR) is 55.0 cm³/mol. The first-order chi connectivity index (χ1) is 6.81. The second kappa shape index (κ2) is 3.96. The smallest absolute Gasteiger partial charge is 0.147 e. The summed E-state index contributed by atoms with van der Waals surface area (Å²) in [5, 5.41) is 7.82. The predicted octanol–water partition coefficient (Wildman–Crippen LogP) is -0.00980. The average Bonchev–Trinajstić information content (AvgIpc) is 2.65. The first-order valence-electron chi connectivity index (χ1n) is 5.11. The Kier molecular flexibility index (Phi) is 2.67. The molecule has 1 aromatic rings. The molecule has 2 rings (SSSR count). The second-order valence-corrected chi connectivity index (χ2v) is 3.91. The Morgan fingerprint density at radius 1 is 1.64 bits per heavy atom. The zero-order valence-electron chi connectivity index (χ0n) is 8.56. The Balaban J connectivity index is 2.08. The minimum Gasteiger partial charge on any atom is -0.355 e. The summed E-state index contributed by atoms with van der Waals surface area (Å²) in [6.45, 7) is 2.91. The molecule has 1 aliphatic rings. The molecule has 0 aliphatic carbocycles. The van der Waals surface area contributed by atoms with Crippen molar-refractivity contribution in [3.8, 4) is 0 Å². The molecule has 0 amide bonds. The molecule has 1 unspecified atom stereocenters. The van der Waals surface area contributed by atoms with Gasteiger partial charge >= 0.3 is 0 Å². The molecule has 0 aromatic carbocycles. The first kappa shape index (κ1) is 9.45. The summed E-state index contributed by atoms with van der Waals surface area (Å²) in [5.41, 5.74) is 5.69. The maximum absolute atomic E-state index is 5.69. The number of hydrogen-bond acceptors (Lipinski definition) is 4. The maximum atomic E-state index is 5.69. The van der Waals surface area contributed by atoms with Gasteiger partial charge in [-0.05, 0) is 25.3 Å². The second-order valence-electron chi connectivity index (χ2n) is 3.91. The molecule has 0 saturated carbocycles. The highest BCUT2D eigenvalue weighted by molar-refractivity contribution is 5.36. The highest BCUT2D eigenvalue weighted by atomic mass is 15.5. The van der Waals surface area contributed by atoms with Crippen molar-refractivity contribution in [2.75, 3.05) is 24.5 Å². The maximum Gasteiger partial charge on any atom is 0.147 e. The summed E-state index contributed by atoms with van der Waals surface area (Å²) in [7, 11) is 1.92. The molecule has 0 radical (unpaired) electrons. The SMILES string of the molecule is Cn1nncc1N1CCCC(CN)C1. The molecule has 2 N–H and O–H groups in total. The normalized spacial score (nSPS) is 22.7.